The summed E-state index contributed by atoms with van der Waals surface area (Å²) in [5, 5.41) is 4.59. The topological polar surface area (TPSA) is 59.4 Å². The Kier molecular flexibility index (Phi) is 3.64. The molecule has 0 aliphatic heterocycles. The zero-order chi connectivity index (χ0) is 18.5. The summed E-state index contributed by atoms with van der Waals surface area (Å²) in [4.78, 5) is 12.4. The molecular formula is C20H20FN5. The normalized spacial score (nSPS) is 12.0. The molecule has 0 aliphatic rings. The van der Waals surface area contributed by atoms with Crippen LogP contribution >= 0.6 is 0 Å². The molecular weight excluding hydrogens is 329 g/mol. The molecule has 0 fully saturated rings. The van der Waals surface area contributed by atoms with Gasteiger partial charge in [-0.15, -0.1) is 0 Å². The molecule has 4 rings (SSSR count). The maximum absolute atomic E-state index is 14.0. The molecule has 0 spiro atoms. The molecule has 3 heterocycles. The lowest BCUT2D eigenvalue weighted by Crippen LogP contribution is -2.12. The molecule has 26 heavy (non-hydrogen) atoms. The molecule has 0 aliphatic carbocycles. The highest BCUT2D eigenvalue weighted by molar-refractivity contribution is 5.78. The number of pyridine rings is 1. The second-order valence-electron chi connectivity index (χ2n) is 7.42. The zero-order valence-corrected chi connectivity index (χ0v) is 15.2. The number of aromatic amines is 1. The first-order valence-electron chi connectivity index (χ1n) is 8.49. The highest BCUT2D eigenvalue weighted by Gasteiger charge is 2.21. The van der Waals surface area contributed by atoms with E-state index in [2.05, 4.69) is 40.8 Å². The quantitative estimate of drug-likeness (QED) is 0.581. The lowest BCUT2D eigenvalue weighted by atomic mass is 9.92. The first kappa shape index (κ1) is 16.4. The maximum Gasteiger partial charge on any atom is 0.178 e. The molecule has 0 saturated carbocycles. The van der Waals surface area contributed by atoms with Crippen LogP contribution in [0.1, 0.15) is 26.5 Å². The van der Waals surface area contributed by atoms with Crippen LogP contribution in [0.3, 0.4) is 0 Å². The average molecular weight is 349 g/mol. The van der Waals surface area contributed by atoms with E-state index in [1.807, 2.05) is 23.9 Å². The summed E-state index contributed by atoms with van der Waals surface area (Å²) in [6.45, 7) is 6.37. The molecule has 0 saturated heterocycles. The SMILES string of the molecule is Cn1nc(C(C)(C)C)cc1-c1nc2nc(-c3ccccc3F)ccc2[nH]1. The second kappa shape index (κ2) is 5.76. The summed E-state index contributed by atoms with van der Waals surface area (Å²) < 4.78 is 15.8. The summed E-state index contributed by atoms with van der Waals surface area (Å²) in [5.74, 6) is 0.403. The van der Waals surface area contributed by atoms with Gasteiger partial charge in [0.1, 0.15) is 11.5 Å². The van der Waals surface area contributed by atoms with E-state index < -0.39 is 0 Å². The number of nitrogens with one attached hydrogen (secondary N) is 1. The lowest BCUT2D eigenvalue weighted by molar-refractivity contribution is 0.553. The minimum absolute atomic E-state index is 0.0434. The molecule has 0 atom stereocenters. The van der Waals surface area contributed by atoms with Gasteiger partial charge in [-0.05, 0) is 30.3 Å². The minimum atomic E-state index is -0.295. The number of halogens is 1. The number of rotatable bonds is 2. The third-order valence-electron chi connectivity index (χ3n) is 4.39. The van der Waals surface area contributed by atoms with Gasteiger partial charge in [0.05, 0.1) is 16.9 Å². The fourth-order valence-electron chi connectivity index (χ4n) is 2.89. The molecule has 6 heteroatoms. The van der Waals surface area contributed by atoms with Crippen LogP contribution < -0.4 is 0 Å². The van der Waals surface area contributed by atoms with Crippen LogP contribution in [0.5, 0.6) is 0 Å². The van der Waals surface area contributed by atoms with E-state index in [1.54, 1.807) is 24.3 Å². The van der Waals surface area contributed by atoms with Crippen LogP contribution in [-0.2, 0) is 12.5 Å². The van der Waals surface area contributed by atoms with Crippen molar-refractivity contribution in [2.45, 2.75) is 26.2 Å². The number of hydrogen-bond donors (Lipinski definition) is 1. The zero-order valence-electron chi connectivity index (χ0n) is 15.2. The molecule has 1 aromatic carbocycles. The van der Waals surface area contributed by atoms with Crippen LogP contribution in [0.4, 0.5) is 4.39 Å². The molecule has 132 valence electrons. The Morgan fingerprint density at radius 2 is 1.81 bits per heavy atom. The predicted octanol–water partition coefficient (Wildman–Crippen LogP) is 4.46. The third kappa shape index (κ3) is 2.77. The largest absolute Gasteiger partial charge is 0.335 e. The van der Waals surface area contributed by atoms with Crippen molar-refractivity contribution < 1.29 is 4.39 Å². The Labute approximate surface area is 150 Å². The Balaban J connectivity index is 1.80. The van der Waals surface area contributed by atoms with E-state index in [1.165, 1.54) is 6.07 Å². The number of hydrogen-bond acceptors (Lipinski definition) is 3. The molecule has 0 bridgehead atoms. The van der Waals surface area contributed by atoms with Gasteiger partial charge in [-0.2, -0.15) is 5.10 Å². The van der Waals surface area contributed by atoms with Gasteiger partial charge < -0.3 is 4.98 Å². The first-order chi connectivity index (χ1) is 12.3. The Hall–Kier alpha value is -3.02. The first-order valence-corrected chi connectivity index (χ1v) is 8.49. The Morgan fingerprint density at radius 3 is 2.50 bits per heavy atom. The van der Waals surface area contributed by atoms with Crippen LogP contribution in [0, 0.1) is 5.82 Å². The van der Waals surface area contributed by atoms with Crippen LogP contribution in [-0.4, -0.2) is 24.7 Å². The number of aryl methyl sites for hydroxylation is 1. The van der Waals surface area contributed by atoms with Crippen molar-refractivity contribution in [2.24, 2.45) is 7.05 Å². The minimum Gasteiger partial charge on any atom is -0.335 e. The van der Waals surface area contributed by atoms with Gasteiger partial charge in [0.2, 0.25) is 0 Å². The summed E-state index contributed by atoms with van der Waals surface area (Å²) in [5.41, 5.74) is 4.23. The number of H-pyrrole nitrogens is 1. The highest BCUT2D eigenvalue weighted by atomic mass is 19.1. The summed E-state index contributed by atoms with van der Waals surface area (Å²) in [7, 11) is 1.90. The fraction of sp³-hybridized carbons (Fsp3) is 0.250. The number of imidazole rings is 1. The van der Waals surface area contributed by atoms with Crippen molar-refractivity contribution in [3.05, 3.63) is 54.0 Å². The molecule has 0 radical (unpaired) electrons. The number of nitrogens with zero attached hydrogens (tertiary/aromatic N) is 4. The Bertz CT molecular complexity index is 1100. The highest BCUT2D eigenvalue weighted by Crippen LogP contribution is 2.28. The van der Waals surface area contributed by atoms with E-state index in [9.17, 15) is 4.39 Å². The smallest absolute Gasteiger partial charge is 0.178 e. The van der Waals surface area contributed by atoms with Crippen molar-refractivity contribution in [2.75, 3.05) is 0 Å². The van der Waals surface area contributed by atoms with Gasteiger partial charge in [-0.25, -0.2) is 14.4 Å². The molecule has 5 nitrogen and oxygen atoms in total. The number of aromatic nitrogens is 5. The predicted molar refractivity (Wildman–Crippen MR) is 100 cm³/mol. The van der Waals surface area contributed by atoms with Crippen molar-refractivity contribution in [1.82, 2.24) is 24.7 Å². The standard InChI is InChI=1S/C20H20FN5/c1-20(2,3)17-11-16(26(4)25-17)19-23-15-10-9-14(22-18(15)24-19)12-7-5-6-8-13(12)21/h5-11H,1-4H3,(H,22,23,24). The third-order valence-corrected chi connectivity index (χ3v) is 4.39. The van der Waals surface area contributed by atoms with Crippen LogP contribution in [0.25, 0.3) is 33.9 Å². The fourth-order valence-corrected chi connectivity index (χ4v) is 2.89. The van der Waals surface area contributed by atoms with Crippen molar-refractivity contribution >= 4 is 11.2 Å². The summed E-state index contributed by atoms with van der Waals surface area (Å²) in [6, 6.07) is 12.3. The molecule has 0 amide bonds. The maximum atomic E-state index is 14.0. The van der Waals surface area contributed by atoms with Gasteiger partial charge >= 0.3 is 0 Å². The summed E-state index contributed by atoms with van der Waals surface area (Å²) >= 11 is 0. The van der Waals surface area contributed by atoms with Crippen molar-refractivity contribution in [3.63, 3.8) is 0 Å². The Morgan fingerprint density at radius 1 is 1.04 bits per heavy atom. The molecule has 0 unspecified atom stereocenters. The molecule has 4 aromatic rings. The van der Waals surface area contributed by atoms with E-state index in [0.29, 0.717) is 22.7 Å². The lowest BCUT2D eigenvalue weighted by Gasteiger charge is -2.13. The second-order valence-corrected chi connectivity index (χ2v) is 7.42. The van der Waals surface area contributed by atoms with E-state index in [-0.39, 0.29) is 11.2 Å². The molecule has 3 aromatic heterocycles. The van der Waals surface area contributed by atoms with Crippen LogP contribution in [0.2, 0.25) is 0 Å². The van der Waals surface area contributed by atoms with Crippen molar-refractivity contribution in [1.29, 1.82) is 0 Å². The van der Waals surface area contributed by atoms with Crippen molar-refractivity contribution in [3.8, 4) is 22.8 Å². The van der Waals surface area contributed by atoms with Gasteiger partial charge in [0.25, 0.3) is 0 Å². The molecule has 1 N–H and O–H groups in total. The summed E-state index contributed by atoms with van der Waals surface area (Å²) in [6.07, 6.45) is 0. The van der Waals surface area contributed by atoms with Crippen LogP contribution in [0.15, 0.2) is 42.5 Å². The van der Waals surface area contributed by atoms with Gasteiger partial charge in [-0.3, -0.25) is 4.68 Å². The average Bonchev–Trinajstić information content (AvgIpc) is 3.17. The number of benzene rings is 1. The van der Waals surface area contributed by atoms with E-state index in [4.69, 9.17) is 0 Å². The monoisotopic (exact) mass is 349 g/mol. The van der Waals surface area contributed by atoms with Gasteiger partial charge in [0.15, 0.2) is 11.5 Å². The van der Waals surface area contributed by atoms with E-state index >= 15 is 0 Å². The number of fused-ring (bicyclic) bond motifs is 1. The van der Waals surface area contributed by atoms with E-state index in [0.717, 1.165) is 16.9 Å². The van der Waals surface area contributed by atoms with Gasteiger partial charge in [-0.1, -0.05) is 32.9 Å². The van der Waals surface area contributed by atoms with Gasteiger partial charge in [0, 0.05) is 18.0 Å².